The van der Waals surface area contributed by atoms with E-state index in [9.17, 15) is 14.4 Å². The molecule has 0 aliphatic carbocycles. The highest BCUT2D eigenvalue weighted by Gasteiger charge is 2.26. The van der Waals surface area contributed by atoms with Gasteiger partial charge >= 0.3 is 6.03 Å². The maximum absolute atomic E-state index is 12.5. The van der Waals surface area contributed by atoms with E-state index >= 15 is 0 Å². The van der Waals surface area contributed by atoms with Crippen LogP contribution in [0.5, 0.6) is 0 Å². The molecule has 1 fully saturated rings. The van der Waals surface area contributed by atoms with Crippen LogP contribution in [0.25, 0.3) is 22.3 Å². The summed E-state index contributed by atoms with van der Waals surface area (Å²) in [6.07, 6.45) is 1.98. The first-order valence-electron chi connectivity index (χ1n) is 9.53. The Morgan fingerprint density at radius 3 is 2.37 bits per heavy atom. The number of hydrogen-bond acceptors (Lipinski definition) is 3. The average molecular weight is 422 g/mol. The van der Waals surface area contributed by atoms with Gasteiger partial charge in [0.25, 0.3) is 5.56 Å². The van der Waals surface area contributed by atoms with Gasteiger partial charge in [0.1, 0.15) is 0 Å². The summed E-state index contributed by atoms with van der Waals surface area (Å²) in [5.74, 6) is -0.290. The lowest BCUT2D eigenvalue weighted by Gasteiger charge is -2.28. The molecule has 1 aliphatic heterocycles. The average Bonchev–Trinajstić information content (AvgIpc) is 2.72. The number of carbonyl (C=O) groups excluding carboxylic acids is 2. The fourth-order valence-corrected chi connectivity index (χ4v) is 3.97. The predicted molar refractivity (Wildman–Crippen MR) is 118 cm³/mol. The van der Waals surface area contributed by atoms with E-state index < -0.39 is 6.03 Å². The number of urea groups is 1. The summed E-state index contributed by atoms with van der Waals surface area (Å²) in [4.78, 5) is 37.6. The Kier molecular flexibility index (Phi) is 5.18. The fraction of sp³-hybridized carbons (Fsp3) is 0.174. The molecule has 4 rings (SSSR count). The molecular weight excluding hydrogens is 402 g/mol. The first kappa shape index (κ1) is 19.9. The topological polar surface area (TPSA) is 71.4 Å². The van der Waals surface area contributed by atoms with Crippen molar-refractivity contribution in [1.29, 1.82) is 0 Å². The smallest absolute Gasteiger partial charge is 0.318 e. The van der Waals surface area contributed by atoms with Crippen LogP contribution in [-0.4, -0.2) is 23.1 Å². The van der Waals surface area contributed by atoms with Crippen molar-refractivity contribution in [3.8, 4) is 22.3 Å². The highest BCUT2D eigenvalue weighted by Crippen LogP contribution is 2.37. The number of halogens is 1. The molecule has 1 N–H and O–H groups in total. The minimum absolute atomic E-state index is 0.0477. The van der Waals surface area contributed by atoms with Gasteiger partial charge in [-0.3, -0.25) is 19.8 Å². The second kappa shape index (κ2) is 7.80. The first-order chi connectivity index (χ1) is 14.4. The summed E-state index contributed by atoms with van der Waals surface area (Å²) in [5, 5.41) is 2.74. The maximum Gasteiger partial charge on any atom is 0.328 e. The highest BCUT2D eigenvalue weighted by atomic mass is 35.5. The third-order valence-corrected chi connectivity index (χ3v) is 5.68. The molecule has 3 amide bonds. The van der Waals surface area contributed by atoms with Gasteiger partial charge in [0.2, 0.25) is 5.91 Å². The molecule has 1 aliphatic rings. The molecule has 152 valence electrons. The number of benzene rings is 2. The number of amides is 3. The Labute approximate surface area is 178 Å². The van der Waals surface area contributed by atoms with Gasteiger partial charge in [0.15, 0.2) is 0 Å². The van der Waals surface area contributed by atoms with Crippen molar-refractivity contribution in [3.63, 3.8) is 0 Å². The molecule has 1 aromatic heterocycles. The number of aromatic nitrogens is 1. The number of rotatable bonds is 3. The summed E-state index contributed by atoms with van der Waals surface area (Å²) >= 11 is 6.65. The van der Waals surface area contributed by atoms with E-state index in [-0.39, 0.29) is 24.4 Å². The van der Waals surface area contributed by atoms with Gasteiger partial charge in [0.05, 0.1) is 16.3 Å². The van der Waals surface area contributed by atoms with E-state index in [4.69, 9.17) is 11.6 Å². The molecule has 2 aromatic carbocycles. The number of anilines is 1. The largest absolute Gasteiger partial charge is 0.328 e. The molecule has 0 radical (unpaired) electrons. The summed E-state index contributed by atoms with van der Waals surface area (Å²) in [5.41, 5.74) is 4.55. The molecule has 0 spiro atoms. The summed E-state index contributed by atoms with van der Waals surface area (Å²) in [6.45, 7) is 2.20. The molecule has 2 heterocycles. The number of nitrogens with one attached hydrogen (secondary N) is 1. The number of hydrogen-bond donors (Lipinski definition) is 1. The second-order valence-corrected chi connectivity index (χ2v) is 7.64. The third kappa shape index (κ3) is 3.50. The molecule has 30 heavy (non-hydrogen) atoms. The first-order valence-corrected chi connectivity index (χ1v) is 9.91. The number of aryl methyl sites for hydroxylation is 2. The van der Waals surface area contributed by atoms with E-state index in [2.05, 4.69) is 5.32 Å². The van der Waals surface area contributed by atoms with Crippen molar-refractivity contribution in [1.82, 2.24) is 9.88 Å². The SMILES string of the molecule is Cc1ccn(C)c(=O)c1-c1ccc(-c2cccc(N3CCC(=O)NC3=O)c2Cl)cc1. The van der Waals surface area contributed by atoms with E-state index in [1.165, 1.54) is 4.90 Å². The molecule has 0 atom stereocenters. The van der Waals surface area contributed by atoms with Crippen LogP contribution in [0.3, 0.4) is 0 Å². The zero-order valence-corrected chi connectivity index (χ0v) is 17.4. The van der Waals surface area contributed by atoms with Crippen molar-refractivity contribution < 1.29 is 9.59 Å². The number of imide groups is 1. The normalized spacial score (nSPS) is 14.0. The van der Waals surface area contributed by atoms with Crippen LogP contribution in [0.15, 0.2) is 59.5 Å². The Balaban J connectivity index is 1.71. The molecule has 0 saturated carbocycles. The van der Waals surface area contributed by atoms with E-state index in [1.807, 2.05) is 49.4 Å². The van der Waals surface area contributed by atoms with Crippen molar-refractivity contribution in [2.45, 2.75) is 13.3 Å². The van der Waals surface area contributed by atoms with Gasteiger partial charge in [-0.2, -0.15) is 0 Å². The number of pyridine rings is 1. The quantitative estimate of drug-likeness (QED) is 0.691. The van der Waals surface area contributed by atoms with Gasteiger partial charge in [-0.15, -0.1) is 0 Å². The van der Waals surface area contributed by atoms with Gasteiger partial charge in [-0.1, -0.05) is 48.0 Å². The second-order valence-electron chi connectivity index (χ2n) is 7.26. The molecule has 1 saturated heterocycles. The van der Waals surface area contributed by atoms with Gasteiger partial charge in [-0.05, 0) is 35.7 Å². The van der Waals surface area contributed by atoms with Crippen molar-refractivity contribution >= 4 is 29.2 Å². The lowest BCUT2D eigenvalue weighted by atomic mass is 9.98. The summed E-state index contributed by atoms with van der Waals surface area (Å²) in [6, 6.07) is 14.5. The summed E-state index contributed by atoms with van der Waals surface area (Å²) < 4.78 is 1.56. The van der Waals surface area contributed by atoms with Crippen LogP contribution in [0.2, 0.25) is 5.02 Å². The number of nitrogens with zero attached hydrogens (tertiary/aromatic N) is 2. The Morgan fingerprint density at radius 2 is 1.67 bits per heavy atom. The van der Waals surface area contributed by atoms with Crippen molar-refractivity contribution in [2.75, 3.05) is 11.4 Å². The van der Waals surface area contributed by atoms with Crippen molar-refractivity contribution in [2.24, 2.45) is 7.05 Å². The lowest BCUT2D eigenvalue weighted by molar-refractivity contribution is -0.120. The zero-order valence-electron chi connectivity index (χ0n) is 16.6. The Hall–Kier alpha value is -3.38. The van der Waals surface area contributed by atoms with Gasteiger partial charge < -0.3 is 4.57 Å². The highest BCUT2D eigenvalue weighted by molar-refractivity contribution is 6.36. The molecule has 7 heteroatoms. The van der Waals surface area contributed by atoms with Gasteiger partial charge in [0, 0.05) is 31.8 Å². The molecule has 0 unspecified atom stereocenters. The lowest BCUT2D eigenvalue weighted by Crippen LogP contribution is -2.49. The zero-order chi connectivity index (χ0) is 21.4. The molecule has 0 bridgehead atoms. The minimum atomic E-state index is -0.476. The standard InChI is InChI=1S/C23H20ClN3O3/c1-14-10-12-26(2)22(29)20(14)16-8-6-15(7-9-16)17-4-3-5-18(21(17)24)27-13-11-19(28)25-23(27)30/h3-10,12H,11,13H2,1-2H3,(H,25,28,30). The minimum Gasteiger partial charge on any atom is -0.318 e. The fourth-order valence-electron chi connectivity index (χ4n) is 3.63. The monoisotopic (exact) mass is 421 g/mol. The van der Waals surface area contributed by atoms with Crippen LogP contribution < -0.4 is 15.8 Å². The van der Waals surface area contributed by atoms with Gasteiger partial charge in [-0.25, -0.2) is 4.79 Å². The van der Waals surface area contributed by atoms with Crippen molar-refractivity contribution in [3.05, 3.63) is 75.7 Å². The van der Waals surface area contributed by atoms with Crippen LogP contribution >= 0.6 is 11.6 Å². The molecule has 6 nitrogen and oxygen atoms in total. The number of carbonyl (C=O) groups is 2. The maximum atomic E-state index is 12.5. The van der Waals surface area contributed by atoms with Crippen LogP contribution in [0.4, 0.5) is 10.5 Å². The predicted octanol–water partition coefficient (Wildman–Crippen LogP) is 4.13. The van der Waals surface area contributed by atoms with Crippen LogP contribution in [-0.2, 0) is 11.8 Å². The van der Waals surface area contributed by atoms with Crippen LogP contribution in [0.1, 0.15) is 12.0 Å². The molecular formula is C23H20ClN3O3. The molecule has 3 aromatic rings. The summed E-state index contributed by atoms with van der Waals surface area (Å²) in [7, 11) is 1.73. The van der Waals surface area contributed by atoms with Crippen LogP contribution in [0, 0.1) is 6.92 Å². The third-order valence-electron chi connectivity index (χ3n) is 5.28. The van der Waals surface area contributed by atoms with E-state index in [0.717, 1.165) is 22.3 Å². The van der Waals surface area contributed by atoms with E-state index in [1.54, 1.807) is 23.9 Å². The van der Waals surface area contributed by atoms with E-state index in [0.29, 0.717) is 16.3 Å². The Bertz CT molecular complexity index is 1220. The Morgan fingerprint density at radius 1 is 0.967 bits per heavy atom.